The lowest BCUT2D eigenvalue weighted by Crippen LogP contribution is -2.36. The third kappa shape index (κ3) is 5.34. The Labute approximate surface area is 129 Å². The van der Waals surface area contributed by atoms with Crippen molar-refractivity contribution in [3.63, 3.8) is 0 Å². The summed E-state index contributed by atoms with van der Waals surface area (Å²) in [7, 11) is 0. The highest BCUT2D eigenvalue weighted by Crippen LogP contribution is 1.98. The molecule has 0 aromatic heterocycles. The molecular formula is C14H22N4O4. The molecule has 0 saturated heterocycles. The molecule has 8 heteroatoms. The van der Waals surface area contributed by atoms with E-state index in [2.05, 4.69) is 20.6 Å². The van der Waals surface area contributed by atoms with Crippen molar-refractivity contribution in [3.8, 4) is 0 Å². The van der Waals surface area contributed by atoms with E-state index in [-0.39, 0.29) is 23.6 Å². The zero-order chi connectivity index (χ0) is 15.6. The van der Waals surface area contributed by atoms with Crippen LogP contribution in [0.3, 0.4) is 0 Å². The monoisotopic (exact) mass is 310 g/mol. The van der Waals surface area contributed by atoms with Crippen LogP contribution in [0.25, 0.3) is 0 Å². The molecule has 122 valence electrons. The number of hydrogen-bond donors (Lipinski definition) is 2. The van der Waals surface area contributed by atoms with Crippen LogP contribution in [0, 0.1) is 0 Å². The van der Waals surface area contributed by atoms with Gasteiger partial charge in [-0.25, -0.2) is 9.98 Å². The molecule has 0 aliphatic carbocycles. The van der Waals surface area contributed by atoms with Gasteiger partial charge in [-0.05, 0) is 12.8 Å². The number of carbonyl (C=O) groups is 2. The molecule has 0 aromatic rings. The molecule has 8 nitrogen and oxygen atoms in total. The Balaban J connectivity index is 1.52. The maximum absolute atomic E-state index is 11.7. The third-order valence-electron chi connectivity index (χ3n) is 3.16. The summed E-state index contributed by atoms with van der Waals surface area (Å²) in [5, 5.41) is 5.50. The number of carbonyl (C=O) groups excluding carboxylic acids is 2. The van der Waals surface area contributed by atoms with Gasteiger partial charge in [0.1, 0.15) is 0 Å². The van der Waals surface area contributed by atoms with Crippen LogP contribution in [0.15, 0.2) is 9.98 Å². The summed E-state index contributed by atoms with van der Waals surface area (Å²) in [5.41, 5.74) is 0. The van der Waals surface area contributed by atoms with Gasteiger partial charge in [-0.2, -0.15) is 0 Å². The Morgan fingerprint density at radius 1 is 0.864 bits per heavy atom. The van der Waals surface area contributed by atoms with Gasteiger partial charge in [0.25, 0.3) is 11.8 Å². The second kappa shape index (κ2) is 9.01. The van der Waals surface area contributed by atoms with E-state index in [0.29, 0.717) is 39.4 Å². The first-order valence-electron chi connectivity index (χ1n) is 7.68. The van der Waals surface area contributed by atoms with E-state index in [0.717, 1.165) is 25.7 Å². The van der Waals surface area contributed by atoms with Gasteiger partial charge in [0.15, 0.2) is 0 Å². The number of unbranched alkanes of at least 4 members (excludes halogenated alkanes) is 1. The molecule has 2 aliphatic rings. The average molecular weight is 310 g/mol. The van der Waals surface area contributed by atoms with Gasteiger partial charge in [0.2, 0.25) is 0 Å². The Morgan fingerprint density at radius 3 is 1.68 bits per heavy atom. The standard InChI is InChI=1S/C14H22N4O4/c19-11(13-17-7-3-9-21-13)15-5-1-2-6-16-12(20)14-18-8-4-10-22-14/h1-10H2,(H,15,19)(H,16,20). The summed E-state index contributed by atoms with van der Waals surface area (Å²) in [6, 6.07) is 0. The molecule has 0 saturated carbocycles. The Morgan fingerprint density at radius 2 is 1.32 bits per heavy atom. The molecular weight excluding hydrogens is 288 g/mol. The molecule has 2 heterocycles. The Hall–Kier alpha value is -2.12. The van der Waals surface area contributed by atoms with Crippen molar-refractivity contribution in [1.82, 2.24) is 10.6 Å². The van der Waals surface area contributed by atoms with E-state index in [4.69, 9.17) is 9.47 Å². The van der Waals surface area contributed by atoms with E-state index in [1.165, 1.54) is 0 Å². The molecule has 0 atom stereocenters. The zero-order valence-electron chi connectivity index (χ0n) is 12.6. The summed E-state index contributed by atoms with van der Waals surface area (Å²) in [5.74, 6) is -0.193. The van der Waals surface area contributed by atoms with Gasteiger partial charge >= 0.3 is 11.8 Å². The molecule has 0 unspecified atom stereocenters. The van der Waals surface area contributed by atoms with Gasteiger partial charge in [0, 0.05) is 39.0 Å². The minimum atomic E-state index is -0.270. The van der Waals surface area contributed by atoms with E-state index in [1.807, 2.05) is 0 Å². The predicted molar refractivity (Wildman–Crippen MR) is 81.0 cm³/mol. The molecule has 0 fully saturated rings. The lowest BCUT2D eigenvalue weighted by Gasteiger charge is -2.14. The molecule has 2 amide bonds. The minimum Gasteiger partial charge on any atom is -0.474 e. The average Bonchev–Trinajstić information content (AvgIpc) is 2.59. The van der Waals surface area contributed by atoms with Crippen LogP contribution >= 0.6 is 0 Å². The molecule has 2 rings (SSSR count). The third-order valence-corrected chi connectivity index (χ3v) is 3.16. The molecule has 0 bridgehead atoms. The summed E-state index contributed by atoms with van der Waals surface area (Å²) in [4.78, 5) is 31.4. The normalized spacial score (nSPS) is 17.5. The van der Waals surface area contributed by atoms with Gasteiger partial charge in [-0.15, -0.1) is 0 Å². The van der Waals surface area contributed by atoms with Gasteiger partial charge < -0.3 is 20.1 Å². The van der Waals surface area contributed by atoms with Crippen LogP contribution in [0.1, 0.15) is 25.7 Å². The Bertz CT molecular complexity index is 420. The predicted octanol–water partition coefficient (Wildman–Crippen LogP) is -0.363. The summed E-state index contributed by atoms with van der Waals surface area (Å²) >= 11 is 0. The lowest BCUT2D eigenvalue weighted by molar-refractivity contribution is -0.117. The van der Waals surface area contributed by atoms with Crippen molar-refractivity contribution in [2.75, 3.05) is 39.4 Å². The zero-order valence-corrected chi connectivity index (χ0v) is 12.6. The summed E-state index contributed by atoms with van der Waals surface area (Å²) in [6.07, 6.45) is 3.22. The number of amides is 2. The first kappa shape index (κ1) is 16.3. The first-order chi connectivity index (χ1) is 10.8. The van der Waals surface area contributed by atoms with Crippen LogP contribution in [0.4, 0.5) is 0 Å². The van der Waals surface area contributed by atoms with E-state index >= 15 is 0 Å². The van der Waals surface area contributed by atoms with E-state index in [9.17, 15) is 9.59 Å². The van der Waals surface area contributed by atoms with Gasteiger partial charge in [0.05, 0.1) is 13.2 Å². The van der Waals surface area contributed by atoms with Gasteiger partial charge in [-0.1, -0.05) is 0 Å². The molecule has 0 aromatic carbocycles. The first-order valence-corrected chi connectivity index (χ1v) is 7.68. The number of nitrogens with one attached hydrogen (secondary N) is 2. The number of nitrogens with zero attached hydrogens (tertiary/aromatic N) is 2. The molecule has 0 spiro atoms. The Kier molecular flexibility index (Phi) is 6.66. The summed E-state index contributed by atoms with van der Waals surface area (Å²) < 4.78 is 10.3. The number of rotatable bonds is 7. The van der Waals surface area contributed by atoms with Crippen LogP contribution in [0.5, 0.6) is 0 Å². The quantitative estimate of drug-likeness (QED) is 0.627. The second-order valence-corrected chi connectivity index (χ2v) is 5.00. The fourth-order valence-corrected chi connectivity index (χ4v) is 2.00. The second-order valence-electron chi connectivity index (χ2n) is 5.00. The van der Waals surface area contributed by atoms with Gasteiger partial charge in [-0.3, -0.25) is 9.59 Å². The van der Waals surface area contributed by atoms with Crippen molar-refractivity contribution in [1.29, 1.82) is 0 Å². The van der Waals surface area contributed by atoms with Crippen LogP contribution < -0.4 is 10.6 Å². The fraction of sp³-hybridized carbons (Fsp3) is 0.714. The lowest BCUT2D eigenvalue weighted by atomic mass is 10.3. The molecule has 0 radical (unpaired) electrons. The highest BCUT2D eigenvalue weighted by Gasteiger charge is 2.16. The topological polar surface area (TPSA) is 101 Å². The summed E-state index contributed by atoms with van der Waals surface area (Å²) in [6.45, 7) is 3.42. The minimum absolute atomic E-state index is 0.173. The number of aliphatic imine (C=N–C) groups is 2. The van der Waals surface area contributed by atoms with Crippen molar-refractivity contribution in [2.45, 2.75) is 25.7 Å². The maximum atomic E-state index is 11.7. The number of hydrogen-bond acceptors (Lipinski definition) is 6. The largest absolute Gasteiger partial charge is 0.474 e. The van der Waals surface area contributed by atoms with Crippen molar-refractivity contribution >= 4 is 23.6 Å². The molecule has 2 aliphatic heterocycles. The van der Waals surface area contributed by atoms with Crippen molar-refractivity contribution in [2.24, 2.45) is 9.98 Å². The SMILES string of the molecule is O=C(NCCCCNC(=O)C1=NCCCO1)C1=NCCCO1. The van der Waals surface area contributed by atoms with Crippen LogP contribution in [0.2, 0.25) is 0 Å². The van der Waals surface area contributed by atoms with E-state index < -0.39 is 0 Å². The molecule has 22 heavy (non-hydrogen) atoms. The van der Waals surface area contributed by atoms with Crippen LogP contribution in [-0.2, 0) is 19.1 Å². The molecule has 2 N–H and O–H groups in total. The highest BCUT2D eigenvalue weighted by molar-refractivity contribution is 6.35. The smallest absolute Gasteiger partial charge is 0.306 e. The fourth-order valence-electron chi connectivity index (χ4n) is 2.00. The van der Waals surface area contributed by atoms with Crippen molar-refractivity contribution in [3.05, 3.63) is 0 Å². The van der Waals surface area contributed by atoms with E-state index in [1.54, 1.807) is 0 Å². The van der Waals surface area contributed by atoms with Crippen molar-refractivity contribution < 1.29 is 19.1 Å². The maximum Gasteiger partial charge on any atom is 0.306 e. The number of ether oxygens (including phenoxy) is 2. The van der Waals surface area contributed by atoms with Crippen LogP contribution in [-0.4, -0.2) is 63.0 Å². The highest BCUT2D eigenvalue weighted by atomic mass is 16.5.